The summed E-state index contributed by atoms with van der Waals surface area (Å²) in [5.41, 5.74) is 0.00837. The number of hydrogen-bond donors (Lipinski definition) is 1. The third-order valence-electron chi connectivity index (χ3n) is 4.97. The van der Waals surface area contributed by atoms with E-state index in [4.69, 9.17) is 18.9 Å². The summed E-state index contributed by atoms with van der Waals surface area (Å²) in [7, 11) is 0. The lowest BCUT2D eigenvalue weighted by molar-refractivity contribution is -0.157. The van der Waals surface area contributed by atoms with Gasteiger partial charge in [-0.1, -0.05) is 6.07 Å². The third kappa shape index (κ3) is 9.05. The van der Waals surface area contributed by atoms with Crippen LogP contribution < -0.4 is 15.0 Å². The Morgan fingerprint density at radius 2 is 1.69 bits per heavy atom. The molecule has 10 nitrogen and oxygen atoms in total. The van der Waals surface area contributed by atoms with Gasteiger partial charge in [0.1, 0.15) is 23.0 Å². The first-order chi connectivity index (χ1) is 16.7. The quantitative estimate of drug-likeness (QED) is 0.399. The molecule has 1 heterocycles. The van der Waals surface area contributed by atoms with Crippen LogP contribution in [-0.2, 0) is 35.0 Å². The maximum atomic E-state index is 13.1. The van der Waals surface area contributed by atoms with Crippen molar-refractivity contribution in [2.75, 3.05) is 24.7 Å². The van der Waals surface area contributed by atoms with Gasteiger partial charge in [-0.3, -0.25) is 4.79 Å². The van der Waals surface area contributed by atoms with Gasteiger partial charge in [0.25, 0.3) is 0 Å². The highest BCUT2D eigenvalue weighted by molar-refractivity contribution is 5.96. The molecule has 1 N–H and O–H groups in total. The first-order valence-electron chi connectivity index (χ1n) is 12.1. The number of hydrogen-bond acceptors (Lipinski definition) is 8. The summed E-state index contributed by atoms with van der Waals surface area (Å²) >= 11 is 0. The van der Waals surface area contributed by atoms with E-state index in [1.54, 1.807) is 65.5 Å². The van der Waals surface area contributed by atoms with E-state index in [0.29, 0.717) is 24.4 Å². The van der Waals surface area contributed by atoms with Crippen molar-refractivity contribution in [1.82, 2.24) is 5.32 Å². The summed E-state index contributed by atoms with van der Waals surface area (Å²) in [5, 5.41) is 2.54. The van der Waals surface area contributed by atoms with Crippen LogP contribution in [0, 0.1) is 0 Å². The molecule has 200 valence electrons. The van der Waals surface area contributed by atoms with Crippen molar-refractivity contribution in [3.63, 3.8) is 0 Å². The predicted molar refractivity (Wildman–Crippen MR) is 133 cm³/mol. The van der Waals surface area contributed by atoms with E-state index in [-0.39, 0.29) is 32.0 Å². The zero-order valence-corrected chi connectivity index (χ0v) is 22.3. The molecule has 0 fully saturated rings. The Hall–Kier alpha value is -3.30. The topological polar surface area (TPSA) is 120 Å². The van der Waals surface area contributed by atoms with Crippen LogP contribution in [0.3, 0.4) is 0 Å². The van der Waals surface area contributed by atoms with Crippen molar-refractivity contribution in [3.05, 3.63) is 23.8 Å². The molecule has 0 spiro atoms. The smallest absolute Gasteiger partial charge is 0.408 e. The van der Waals surface area contributed by atoms with Crippen molar-refractivity contribution >= 4 is 29.6 Å². The van der Waals surface area contributed by atoms with E-state index in [2.05, 4.69) is 5.32 Å². The highest BCUT2D eigenvalue weighted by Crippen LogP contribution is 2.35. The number of anilines is 1. The van der Waals surface area contributed by atoms with Gasteiger partial charge in [-0.2, -0.15) is 0 Å². The zero-order chi connectivity index (χ0) is 27.1. The summed E-state index contributed by atoms with van der Waals surface area (Å²) in [6.45, 7) is 12.5. The molecule has 0 radical (unpaired) electrons. The van der Waals surface area contributed by atoms with Gasteiger partial charge in [-0.05, 0) is 73.4 Å². The van der Waals surface area contributed by atoms with Crippen LogP contribution in [0.1, 0.15) is 66.9 Å². The molecule has 1 aliphatic heterocycles. The van der Waals surface area contributed by atoms with Gasteiger partial charge in [0.05, 0.1) is 12.3 Å². The maximum Gasteiger partial charge on any atom is 0.408 e. The normalized spacial score (nSPS) is 13.9. The number of fused-ring (bicyclic) bond motifs is 1. The Labute approximate surface area is 212 Å². The van der Waals surface area contributed by atoms with Gasteiger partial charge >= 0.3 is 18.0 Å². The Bertz CT molecular complexity index is 962. The number of ether oxygens (including phenoxy) is 4. The monoisotopic (exact) mass is 506 g/mol. The second-order valence-corrected chi connectivity index (χ2v) is 10.4. The summed E-state index contributed by atoms with van der Waals surface area (Å²) in [6.07, 6.45) is -0.169. The lowest BCUT2D eigenvalue weighted by Crippen LogP contribution is -2.46. The van der Waals surface area contributed by atoms with E-state index in [1.807, 2.05) is 6.07 Å². The molecule has 1 aromatic rings. The fourth-order valence-electron chi connectivity index (χ4n) is 3.61. The van der Waals surface area contributed by atoms with Crippen molar-refractivity contribution in [2.24, 2.45) is 0 Å². The summed E-state index contributed by atoms with van der Waals surface area (Å²) in [5.74, 6) is -0.797. The van der Waals surface area contributed by atoms with E-state index in [9.17, 15) is 19.2 Å². The number of nitrogens with zero attached hydrogens (tertiary/aromatic N) is 1. The van der Waals surface area contributed by atoms with Crippen molar-refractivity contribution in [2.45, 2.75) is 85.0 Å². The molecule has 2 amide bonds. The first-order valence-corrected chi connectivity index (χ1v) is 12.1. The lowest BCUT2D eigenvalue weighted by Gasteiger charge is -2.26. The summed E-state index contributed by atoms with van der Waals surface area (Å²) in [6, 6.07) is 4.25. The maximum absolute atomic E-state index is 13.1. The molecule has 0 saturated heterocycles. The van der Waals surface area contributed by atoms with E-state index >= 15 is 0 Å². The van der Waals surface area contributed by atoms with Gasteiger partial charge in [0, 0.05) is 18.5 Å². The molecule has 0 aliphatic carbocycles. The average molecular weight is 507 g/mol. The Balaban J connectivity index is 2.08. The molecule has 0 bridgehead atoms. The zero-order valence-electron chi connectivity index (χ0n) is 22.3. The number of esters is 2. The van der Waals surface area contributed by atoms with Crippen molar-refractivity contribution in [1.29, 1.82) is 0 Å². The second-order valence-electron chi connectivity index (χ2n) is 10.4. The molecule has 1 atom stereocenters. The Morgan fingerprint density at radius 3 is 2.31 bits per heavy atom. The van der Waals surface area contributed by atoms with Crippen LogP contribution in [0.5, 0.6) is 5.75 Å². The Morgan fingerprint density at radius 1 is 1.03 bits per heavy atom. The molecule has 2 rings (SSSR count). The number of nitrogens with one attached hydrogen (secondary N) is 1. The summed E-state index contributed by atoms with van der Waals surface area (Å²) in [4.78, 5) is 51.4. The molecule has 10 heteroatoms. The SMILES string of the molecule is CCOC(=O)COc1cccc2c1CCN2C(=O)CC[C@H](NC(=O)OC(C)(C)C)C(=O)OC(C)(C)C. The van der Waals surface area contributed by atoms with Gasteiger partial charge in [-0.25, -0.2) is 14.4 Å². The van der Waals surface area contributed by atoms with Crippen LogP contribution in [0.15, 0.2) is 18.2 Å². The largest absolute Gasteiger partial charge is 0.482 e. The molecular formula is C26H38N2O8. The number of carbonyl (C=O) groups excluding carboxylic acids is 4. The van der Waals surface area contributed by atoms with E-state index in [0.717, 1.165) is 5.56 Å². The van der Waals surface area contributed by atoms with Gasteiger partial charge < -0.3 is 29.2 Å². The van der Waals surface area contributed by atoms with Crippen LogP contribution in [-0.4, -0.2) is 60.9 Å². The minimum Gasteiger partial charge on any atom is -0.482 e. The fourth-order valence-corrected chi connectivity index (χ4v) is 3.61. The standard InChI is InChI=1S/C26H38N2O8/c1-8-33-22(30)16-34-20-11-9-10-19-17(20)14-15-28(19)21(29)13-12-18(23(31)35-25(2,3)4)27-24(32)36-26(5,6)7/h9-11,18H,8,12-16H2,1-7H3,(H,27,32)/t18-/m0/s1. The number of amides is 2. The number of rotatable bonds is 9. The first kappa shape index (κ1) is 28.9. The molecule has 36 heavy (non-hydrogen) atoms. The molecule has 1 aromatic carbocycles. The van der Waals surface area contributed by atoms with Gasteiger partial charge in [0.15, 0.2) is 6.61 Å². The van der Waals surface area contributed by atoms with Crippen molar-refractivity contribution < 1.29 is 38.1 Å². The number of benzene rings is 1. The Kier molecular flexibility index (Phi) is 9.72. The van der Waals surface area contributed by atoms with Crippen LogP contribution in [0.2, 0.25) is 0 Å². The van der Waals surface area contributed by atoms with Crippen LogP contribution >= 0.6 is 0 Å². The molecular weight excluding hydrogens is 468 g/mol. The van der Waals surface area contributed by atoms with E-state index in [1.165, 1.54) is 0 Å². The molecule has 1 aliphatic rings. The second kappa shape index (κ2) is 12.1. The average Bonchev–Trinajstić information content (AvgIpc) is 3.17. The number of alkyl carbamates (subject to hydrolysis) is 1. The minimum atomic E-state index is -1.05. The van der Waals surface area contributed by atoms with E-state index < -0.39 is 35.3 Å². The summed E-state index contributed by atoms with van der Waals surface area (Å²) < 4.78 is 21.2. The molecule has 0 aromatic heterocycles. The fraction of sp³-hybridized carbons (Fsp3) is 0.615. The minimum absolute atomic E-state index is 0.00689. The molecule has 0 saturated carbocycles. The van der Waals surface area contributed by atoms with Crippen LogP contribution in [0.25, 0.3) is 0 Å². The number of carbonyl (C=O) groups is 4. The van der Waals surface area contributed by atoms with Crippen LogP contribution in [0.4, 0.5) is 10.5 Å². The van der Waals surface area contributed by atoms with Gasteiger partial charge in [-0.15, -0.1) is 0 Å². The third-order valence-corrected chi connectivity index (χ3v) is 4.97. The highest BCUT2D eigenvalue weighted by atomic mass is 16.6. The predicted octanol–water partition coefficient (Wildman–Crippen LogP) is 3.53. The van der Waals surface area contributed by atoms with Gasteiger partial charge in [0.2, 0.25) is 5.91 Å². The highest BCUT2D eigenvalue weighted by Gasteiger charge is 2.32. The van der Waals surface area contributed by atoms with Crippen molar-refractivity contribution in [3.8, 4) is 5.75 Å². The molecule has 0 unspecified atom stereocenters. The lowest BCUT2D eigenvalue weighted by atomic mass is 10.1.